The lowest BCUT2D eigenvalue weighted by Gasteiger charge is -2.39. The quantitative estimate of drug-likeness (QED) is 0.872. The Balaban J connectivity index is 1.50. The Labute approximate surface area is 133 Å². The Kier molecular flexibility index (Phi) is 3.72. The van der Waals surface area contributed by atoms with Gasteiger partial charge in [0, 0.05) is 36.8 Å². The highest BCUT2D eigenvalue weighted by Gasteiger charge is 2.44. The number of amides is 1. The highest BCUT2D eigenvalue weighted by molar-refractivity contribution is 7.08. The van der Waals surface area contributed by atoms with Crippen LogP contribution in [0.15, 0.2) is 35.5 Å². The molecule has 1 amide bonds. The lowest BCUT2D eigenvalue weighted by Crippen LogP contribution is -2.52. The Morgan fingerprint density at radius 2 is 2.41 bits per heavy atom. The number of ether oxygens (including phenoxy) is 1. The number of nitrogens with zero attached hydrogens (tertiary/aromatic N) is 3. The molecular formula is C16H19N3O2S. The first-order valence-electron chi connectivity index (χ1n) is 7.73. The number of hydrogen-bond acceptors (Lipinski definition) is 4. The smallest absolute Gasteiger partial charge is 0.255 e. The van der Waals surface area contributed by atoms with Crippen molar-refractivity contribution in [1.82, 2.24) is 14.5 Å². The van der Waals surface area contributed by atoms with Crippen molar-refractivity contribution in [2.75, 3.05) is 13.2 Å². The maximum Gasteiger partial charge on any atom is 0.255 e. The lowest BCUT2D eigenvalue weighted by atomic mass is 10.0. The number of aromatic nitrogens is 2. The fourth-order valence-corrected chi connectivity index (χ4v) is 4.36. The van der Waals surface area contributed by atoms with Gasteiger partial charge in [0.2, 0.25) is 0 Å². The van der Waals surface area contributed by atoms with Crippen molar-refractivity contribution in [2.45, 2.75) is 31.5 Å². The molecule has 2 aromatic heterocycles. The largest absolute Gasteiger partial charge is 0.374 e. The van der Waals surface area contributed by atoms with E-state index in [2.05, 4.69) is 9.55 Å². The summed E-state index contributed by atoms with van der Waals surface area (Å²) in [5, 5.41) is 3.90. The summed E-state index contributed by atoms with van der Waals surface area (Å²) in [4.78, 5) is 18.8. The van der Waals surface area contributed by atoms with E-state index in [1.807, 2.05) is 34.3 Å². The standard InChI is InChI=1S/C16H19N3O2S/c20-16(13-3-8-22-10-13)19-6-7-21-15-12(1-2-14(15)19)9-18-5-4-17-11-18/h3-5,8,10-12,14-15H,1-2,6-7,9H2. The Hall–Kier alpha value is -1.66. The van der Waals surface area contributed by atoms with E-state index in [0.29, 0.717) is 19.1 Å². The number of morpholine rings is 1. The van der Waals surface area contributed by atoms with E-state index < -0.39 is 0 Å². The van der Waals surface area contributed by atoms with Crippen LogP contribution in [0.25, 0.3) is 0 Å². The number of thiophene rings is 1. The van der Waals surface area contributed by atoms with E-state index in [4.69, 9.17) is 4.74 Å². The first-order chi connectivity index (χ1) is 10.8. The average Bonchev–Trinajstić information content (AvgIpc) is 3.29. The van der Waals surface area contributed by atoms with Crippen molar-refractivity contribution in [2.24, 2.45) is 5.92 Å². The zero-order valence-electron chi connectivity index (χ0n) is 12.3. The third-order valence-electron chi connectivity index (χ3n) is 4.75. The second-order valence-electron chi connectivity index (χ2n) is 6.01. The minimum absolute atomic E-state index is 0.152. The molecule has 3 unspecified atom stereocenters. The molecule has 2 aliphatic rings. The van der Waals surface area contributed by atoms with Crippen LogP contribution in [-0.4, -0.2) is 45.7 Å². The zero-order valence-corrected chi connectivity index (χ0v) is 13.1. The van der Waals surface area contributed by atoms with Crippen molar-refractivity contribution in [3.63, 3.8) is 0 Å². The molecule has 3 heterocycles. The van der Waals surface area contributed by atoms with Crippen LogP contribution in [0.1, 0.15) is 23.2 Å². The van der Waals surface area contributed by atoms with Crippen LogP contribution in [0.4, 0.5) is 0 Å². The summed E-state index contributed by atoms with van der Waals surface area (Å²) in [6.45, 7) is 2.26. The maximum atomic E-state index is 12.7. The van der Waals surface area contributed by atoms with Gasteiger partial charge in [0.15, 0.2) is 0 Å². The number of rotatable bonds is 3. The molecule has 0 aromatic carbocycles. The summed E-state index contributed by atoms with van der Waals surface area (Å²) in [7, 11) is 0. The molecule has 1 saturated heterocycles. The van der Waals surface area contributed by atoms with Crippen molar-refractivity contribution < 1.29 is 9.53 Å². The average molecular weight is 317 g/mol. The zero-order chi connectivity index (χ0) is 14.9. The first-order valence-corrected chi connectivity index (χ1v) is 8.68. The van der Waals surface area contributed by atoms with Crippen molar-refractivity contribution >= 4 is 17.2 Å². The van der Waals surface area contributed by atoms with Crippen molar-refractivity contribution in [1.29, 1.82) is 0 Å². The molecule has 2 fully saturated rings. The maximum absolute atomic E-state index is 12.7. The van der Waals surface area contributed by atoms with E-state index >= 15 is 0 Å². The molecular weight excluding hydrogens is 298 g/mol. The predicted molar refractivity (Wildman–Crippen MR) is 83.8 cm³/mol. The van der Waals surface area contributed by atoms with Crippen LogP contribution in [-0.2, 0) is 11.3 Å². The third-order valence-corrected chi connectivity index (χ3v) is 5.44. The molecule has 5 nitrogen and oxygen atoms in total. The predicted octanol–water partition coefficient (Wildman–Crippen LogP) is 2.26. The minimum Gasteiger partial charge on any atom is -0.374 e. The second-order valence-corrected chi connectivity index (χ2v) is 6.79. The van der Waals surface area contributed by atoms with E-state index in [9.17, 15) is 4.79 Å². The Morgan fingerprint density at radius 1 is 1.45 bits per heavy atom. The van der Waals surface area contributed by atoms with Gasteiger partial charge >= 0.3 is 0 Å². The fraction of sp³-hybridized carbons (Fsp3) is 0.500. The highest BCUT2D eigenvalue weighted by atomic mass is 32.1. The van der Waals surface area contributed by atoms with Crippen LogP contribution >= 0.6 is 11.3 Å². The van der Waals surface area contributed by atoms with Crippen LogP contribution in [0, 0.1) is 5.92 Å². The molecule has 6 heteroatoms. The SMILES string of the molecule is O=C(c1ccsc1)N1CCOC2C(Cn3ccnc3)CCC21. The molecule has 2 aromatic rings. The molecule has 1 aliphatic heterocycles. The van der Waals surface area contributed by atoms with Crippen LogP contribution < -0.4 is 0 Å². The van der Waals surface area contributed by atoms with Crippen molar-refractivity contribution in [3.05, 3.63) is 41.1 Å². The van der Waals surface area contributed by atoms with E-state index in [-0.39, 0.29) is 18.1 Å². The molecule has 0 bridgehead atoms. The van der Waals surface area contributed by atoms with Gasteiger partial charge in [-0.05, 0) is 24.3 Å². The topological polar surface area (TPSA) is 47.4 Å². The molecule has 3 atom stereocenters. The third kappa shape index (κ3) is 2.46. The number of hydrogen-bond donors (Lipinski definition) is 0. The summed E-state index contributed by atoms with van der Waals surface area (Å²) in [6, 6.07) is 2.13. The molecule has 0 N–H and O–H groups in total. The van der Waals surface area contributed by atoms with Crippen LogP contribution in [0.3, 0.4) is 0 Å². The van der Waals surface area contributed by atoms with Gasteiger partial charge in [-0.25, -0.2) is 4.98 Å². The van der Waals surface area contributed by atoms with Gasteiger partial charge < -0.3 is 14.2 Å². The Morgan fingerprint density at radius 3 is 3.18 bits per heavy atom. The number of carbonyl (C=O) groups is 1. The first kappa shape index (κ1) is 14.0. The molecule has 1 saturated carbocycles. The molecule has 1 aliphatic carbocycles. The van der Waals surface area contributed by atoms with Crippen LogP contribution in [0.2, 0.25) is 0 Å². The number of carbonyl (C=O) groups excluding carboxylic acids is 1. The normalized spacial score (nSPS) is 27.8. The van der Waals surface area contributed by atoms with Crippen LogP contribution in [0.5, 0.6) is 0 Å². The summed E-state index contributed by atoms with van der Waals surface area (Å²) in [6.07, 6.45) is 7.93. The fourth-order valence-electron chi connectivity index (χ4n) is 3.73. The molecule has 116 valence electrons. The molecule has 0 radical (unpaired) electrons. The van der Waals surface area contributed by atoms with Gasteiger partial charge in [0.25, 0.3) is 5.91 Å². The van der Waals surface area contributed by atoms with Gasteiger partial charge in [-0.3, -0.25) is 4.79 Å². The van der Waals surface area contributed by atoms with Gasteiger partial charge in [-0.2, -0.15) is 11.3 Å². The summed E-state index contributed by atoms with van der Waals surface area (Å²) in [5.74, 6) is 0.611. The van der Waals surface area contributed by atoms with E-state index in [0.717, 1.165) is 24.9 Å². The summed E-state index contributed by atoms with van der Waals surface area (Å²) >= 11 is 1.57. The lowest BCUT2D eigenvalue weighted by molar-refractivity contribution is -0.0644. The van der Waals surface area contributed by atoms with Gasteiger partial charge in [-0.15, -0.1) is 0 Å². The van der Waals surface area contributed by atoms with E-state index in [1.54, 1.807) is 17.5 Å². The molecule has 22 heavy (non-hydrogen) atoms. The van der Waals surface area contributed by atoms with E-state index in [1.165, 1.54) is 0 Å². The monoisotopic (exact) mass is 317 g/mol. The van der Waals surface area contributed by atoms with Crippen molar-refractivity contribution in [3.8, 4) is 0 Å². The second kappa shape index (κ2) is 5.85. The number of imidazole rings is 1. The highest BCUT2D eigenvalue weighted by Crippen LogP contribution is 2.36. The Bertz CT molecular complexity index is 626. The van der Waals surface area contributed by atoms with Gasteiger partial charge in [-0.1, -0.05) is 0 Å². The molecule has 4 rings (SSSR count). The number of fused-ring (bicyclic) bond motifs is 1. The molecule has 0 spiro atoms. The van der Waals surface area contributed by atoms with Gasteiger partial charge in [0.1, 0.15) is 0 Å². The summed E-state index contributed by atoms with van der Waals surface area (Å²) < 4.78 is 8.14. The summed E-state index contributed by atoms with van der Waals surface area (Å²) in [5.41, 5.74) is 0.809. The minimum atomic E-state index is 0.152. The van der Waals surface area contributed by atoms with Gasteiger partial charge in [0.05, 0.1) is 30.6 Å².